The molecule has 1 fully saturated rings. The lowest BCUT2D eigenvalue weighted by Crippen LogP contribution is -2.33. The topological polar surface area (TPSA) is 0 Å². The minimum absolute atomic E-state index is 0.156. The second-order valence-corrected chi connectivity index (χ2v) is 9.12. The number of hydrogen-bond donors (Lipinski definition) is 0. The molecule has 4 rings (SSSR count). The quantitative estimate of drug-likeness (QED) is 0.324. The van der Waals surface area contributed by atoms with Gasteiger partial charge in [0.2, 0.25) is 0 Å². The van der Waals surface area contributed by atoms with Gasteiger partial charge in [-0.05, 0) is 71.6 Å². The Morgan fingerprint density at radius 3 is 1.94 bits per heavy atom. The van der Waals surface area contributed by atoms with Crippen LogP contribution in [0, 0.1) is 5.82 Å². The van der Waals surface area contributed by atoms with E-state index >= 15 is 0 Å². The fraction of sp³-hybridized carbons (Fsp3) is 0.379. The average Bonchev–Trinajstić information content (AvgIpc) is 2.80. The van der Waals surface area contributed by atoms with Gasteiger partial charge in [0.15, 0.2) is 0 Å². The summed E-state index contributed by atoms with van der Waals surface area (Å²) in [5.74, 6) is -4.18. The fourth-order valence-electron chi connectivity index (χ4n) is 4.93. The Balaban J connectivity index is 1.41. The van der Waals surface area contributed by atoms with Crippen LogP contribution in [-0.2, 0) is 6.42 Å². The highest BCUT2D eigenvalue weighted by atomic mass is 19.3. The SMILES string of the molecule is CCCCCc1ccc(-c2ccc([C@@H]3CC[C@@H](c4ccc(F)cc4)C(F)(F)C3)cc2)cc1. The molecule has 0 N–H and O–H groups in total. The molecule has 0 radical (unpaired) electrons. The molecule has 1 aliphatic rings. The molecule has 3 aromatic carbocycles. The van der Waals surface area contributed by atoms with Crippen molar-refractivity contribution in [3.63, 3.8) is 0 Å². The predicted octanol–water partition coefficient (Wildman–Crippen LogP) is 8.91. The first-order valence-corrected chi connectivity index (χ1v) is 11.8. The second kappa shape index (κ2) is 9.94. The van der Waals surface area contributed by atoms with Crippen LogP contribution in [0.4, 0.5) is 13.2 Å². The monoisotopic (exact) mass is 436 g/mol. The van der Waals surface area contributed by atoms with Crippen LogP contribution >= 0.6 is 0 Å². The lowest BCUT2D eigenvalue weighted by atomic mass is 9.73. The molecule has 0 nitrogen and oxygen atoms in total. The van der Waals surface area contributed by atoms with Gasteiger partial charge in [-0.3, -0.25) is 0 Å². The van der Waals surface area contributed by atoms with E-state index < -0.39 is 17.7 Å². The third kappa shape index (κ3) is 5.26. The number of alkyl halides is 2. The highest BCUT2D eigenvalue weighted by Crippen LogP contribution is 2.50. The minimum atomic E-state index is -2.80. The summed E-state index contributed by atoms with van der Waals surface area (Å²) in [6.07, 6.45) is 5.77. The van der Waals surface area contributed by atoms with Crippen molar-refractivity contribution in [2.45, 2.75) is 69.6 Å². The molecule has 0 saturated heterocycles. The van der Waals surface area contributed by atoms with E-state index in [1.807, 2.05) is 24.3 Å². The van der Waals surface area contributed by atoms with Gasteiger partial charge in [-0.1, -0.05) is 80.4 Å². The summed E-state index contributed by atoms with van der Waals surface area (Å²) in [5, 5.41) is 0. The van der Waals surface area contributed by atoms with Crippen molar-refractivity contribution < 1.29 is 13.2 Å². The van der Waals surface area contributed by atoms with E-state index in [0.29, 0.717) is 18.4 Å². The summed E-state index contributed by atoms with van der Waals surface area (Å²) in [6.45, 7) is 2.21. The van der Waals surface area contributed by atoms with Crippen LogP contribution in [0.15, 0.2) is 72.8 Å². The van der Waals surface area contributed by atoms with Crippen LogP contribution in [0.5, 0.6) is 0 Å². The molecule has 1 aliphatic carbocycles. The van der Waals surface area contributed by atoms with E-state index in [4.69, 9.17) is 0 Å². The van der Waals surface area contributed by atoms with Crippen LogP contribution in [0.3, 0.4) is 0 Å². The first kappa shape index (κ1) is 22.6. The Morgan fingerprint density at radius 1 is 0.750 bits per heavy atom. The van der Waals surface area contributed by atoms with Crippen molar-refractivity contribution in [1.29, 1.82) is 0 Å². The van der Waals surface area contributed by atoms with E-state index in [9.17, 15) is 13.2 Å². The Bertz CT molecular complexity index is 988. The summed E-state index contributed by atoms with van der Waals surface area (Å²) in [4.78, 5) is 0. The van der Waals surface area contributed by atoms with Crippen LogP contribution in [0.25, 0.3) is 11.1 Å². The van der Waals surface area contributed by atoms with E-state index in [1.54, 1.807) is 0 Å². The molecule has 2 atom stereocenters. The molecule has 1 saturated carbocycles. The molecule has 0 aromatic heterocycles. The van der Waals surface area contributed by atoms with E-state index in [-0.39, 0.29) is 12.3 Å². The van der Waals surface area contributed by atoms with Crippen molar-refractivity contribution in [3.8, 4) is 11.1 Å². The molecular weight excluding hydrogens is 405 g/mol. The molecule has 3 heteroatoms. The van der Waals surface area contributed by atoms with Gasteiger partial charge in [0, 0.05) is 12.3 Å². The maximum absolute atomic E-state index is 15.0. The summed E-state index contributed by atoms with van der Waals surface area (Å²) in [7, 11) is 0. The largest absolute Gasteiger partial charge is 0.255 e. The summed E-state index contributed by atoms with van der Waals surface area (Å²) in [5.41, 5.74) is 5.13. The number of rotatable bonds is 7. The van der Waals surface area contributed by atoms with Crippen molar-refractivity contribution in [2.75, 3.05) is 0 Å². The molecule has 168 valence electrons. The maximum Gasteiger partial charge on any atom is 0.255 e. The highest BCUT2D eigenvalue weighted by Gasteiger charge is 2.46. The van der Waals surface area contributed by atoms with E-state index in [2.05, 4.69) is 31.2 Å². The molecule has 0 spiro atoms. The van der Waals surface area contributed by atoms with E-state index in [1.165, 1.54) is 49.1 Å². The van der Waals surface area contributed by atoms with Gasteiger partial charge in [0.25, 0.3) is 5.92 Å². The zero-order valence-electron chi connectivity index (χ0n) is 18.7. The third-order valence-electron chi connectivity index (χ3n) is 6.84. The summed E-state index contributed by atoms with van der Waals surface area (Å²) in [6, 6.07) is 22.3. The molecule has 0 unspecified atom stereocenters. The molecule has 0 aliphatic heterocycles. The van der Waals surface area contributed by atoms with Gasteiger partial charge in [0.05, 0.1) is 0 Å². The smallest absolute Gasteiger partial charge is 0.207 e. The van der Waals surface area contributed by atoms with Crippen LogP contribution in [0.2, 0.25) is 0 Å². The van der Waals surface area contributed by atoms with Crippen molar-refractivity contribution in [2.24, 2.45) is 0 Å². The molecule has 0 heterocycles. The Hall–Kier alpha value is -2.55. The molecular formula is C29H31F3. The Kier molecular flexibility index (Phi) is 7.03. The number of hydrogen-bond acceptors (Lipinski definition) is 0. The molecule has 32 heavy (non-hydrogen) atoms. The Labute approximate surface area is 189 Å². The van der Waals surface area contributed by atoms with Gasteiger partial charge < -0.3 is 0 Å². The van der Waals surface area contributed by atoms with Crippen LogP contribution < -0.4 is 0 Å². The minimum Gasteiger partial charge on any atom is -0.207 e. The number of benzene rings is 3. The fourth-order valence-corrected chi connectivity index (χ4v) is 4.93. The standard InChI is InChI=1S/C29H31F3/c1-2-3-4-5-21-6-8-22(9-7-21)23-10-12-24(13-11-23)26-16-19-28(29(31,32)20-26)25-14-17-27(30)18-15-25/h6-15,17-18,26,28H,2-5,16,19-20H2,1H3/t26-,28+/m1/s1. The highest BCUT2D eigenvalue weighted by molar-refractivity contribution is 5.64. The van der Waals surface area contributed by atoms with Gasteiger partial charge in [-0.2, -0.15) is 0 Å². The third-order valence-corrected chi connectivity index (χ3v) is 6.84. The van der Waals surface area contributed by atoms with Crippen molar-refractivity contribution in [3.05, 3.63) is 95.3 Å². The number of halogens is 3. The molecule has 3 aromatic rings. The molecule has 0 bridgehead atoms. The van der Waals surface area contributed by atoms with Crippen molar-refractivity contribution >= 4 is 0 Å². The summed E-state index contributed by atoms with van der Waals surface area (Å²) < 4.78 is 43.2. The van der Waals surface area contributed by atoms with Gasteiger partial charge in [-0.15, -0.1) is 0 Å². The normalized spacial score (nSPS) is 20.2. The lowest BCUT2D eigenvalue weighted by Gasteiger charge is -2.36. The average molecular weight is 437 g/mol. The Morgan fingerprint density at radius 2 is 1.34 bits per heavy atom. The van der Waals surface area contributed by atoms with Crippen LogP contribution in [-0.4, -0.2) is 5.92 Å². The predicted molar refractivity (Wildman–Crippen MR) is 126 cm³/mol. The zero-order chi connectivity index (χ0) is 22.6. The maximum atomic E-state index is 15.0. The molecule has 0 amide bonds. The first-order chi connectivity index (χ1) is 15.5. The number of unbranched alkanes of at least 4 members (excludes halogenated alkanes) is 2. The van der Waals surface area contributed by atoms with Crippen molar-refractivity contribution in [1.82, 2.24) is 0 Å². The van der Waals surface area contributed by atoms with Gasteiger partial charge in [0.1, 0.15) is 5.82 Å². The second-order valence-electron chi connectivity index (χ2n) is 9.12. The van der Waals surface area contributed by atoms with E-state index in [0.717, 1.165) is 23.1 Å². The number of aryl methyl sites for hydroxylation is 1. The first-order valence-electron chi connectivity index (χ1n) is 11.8. The van der Waals surface area contributed by atoms with Gasteiger partial charge >= 0.3 is 0 Å². The summed E-state index contributed by atoms with van der Waals surface area (Å²) >= 11 is 0. The lowest BCUT2D eigenvalue weighted by molar-refractivity contribution is -0.0615. The van der Waals surface area contributed by atoms with Crippen LogP contribution in [0.1, 0.15) is 74.0 Å². The van der Waals surface area contributed by atoms with Gasteiger partial charge in [-0.25, -0.2) is 13.2 Å². The zero-order valence-corrected chi connectivity index (χ0v) is 18.7.